The van der Waals surface area contributed by atoms with Gasteiger partial charge < -0.3 is 5.73 Å². The molecule has 0 aliphatic heterocycles. The molecule has 1 aromatic rings. The van der Waals surface area contributed by atoms with Crippen molar-refractivity contribution in [3.8, 4) is 0 Å². The van der Waals surface area contributed by atoms with Crippen LogP contribution in [0, 0.1) is 0 Å². The maximum atomic E-state index is 5.99. The van der Waals surface area contributed by atoms with Gasteiger partial charge in [-0.1, -0.05) is 25.1 Å². The summed E-state index contributed by atoms with van der Waals surface area (Å²) >= 11 is 0. The number of benzene rings is 1. The summed E-state index contributed by atoms with van der Waals surface area (Å²) in [4.78, 5) is 0. The second-order valence-corrected chi connectivity index (χ2v) is 3.90. The molecule has 0 amide bonds. The van der Waals surface area contributed by atoms with Gasteiger partial charge in [-0.25, -0.2) is 0 Å². The van der Waals surface area contributed by atoms with Crippen LogP contribution in [-0.4, -0.2) is 0 Å². The first kappa shape index (κ1) is 8.76. The van der Waals surface area contributed by atoms with E-state index in [1.165, 1.54) is 36.0 Å². The van der Waals surface area contributed by atoms with Crippen molar-refractivity contribution in [1.29, 1.82) is 0 Å². The van der Waals surface area contributed by atoms with Gasteiger partial charge in [0, 0.05) is 6.04 Å². The topological polar surface area (TPSA) is 26.0 Å². The van der Waals surface area contributed by atoms with Crippen molar-refractivity contribution in [3.05, 3.63) is 34.9 Å². The maximum Gasteiger partial charge on any atom is 0.0292 e. The number of nitrogens with two attached hydrogens (primary N) is 1. The molecule has 0 saturated heterocycles. The molecule has 0 fully saturated rings. The molecule has 1 aliphatic rings. The number of hydrogen-bond donors (Lipinski definition) is 1. The molecule has 0 aromatic heterocycles. The molecule has 0 spiro atoms. The summed E-state index contributed by atoms with van der Waals surface area (Å²) in [7, 11) is 0. The van der Waals surface area contributed by atoms with Gasteiger partial charge in [0.1, 0.15) is 0 Å². The molecule has 0 radical (unpaired) electrons. The third-order valence-corrected chi connectivity index (χ3v) is 2.99. The van der Waals surface area contributed by atoms with Crippen LogP contribution < -0.4 is 5.73 Å². The average Bonchev–Trinajstić information content (AvgIpc) is 2.63. The lowest BCUT2D eigenvalue weighted by molar-refractivity contribution is 0.697. The van der Waals surface area contributed by atoms with Crippen molar-refractivity contribution in [3.63, 3.8) is 0 Å². The summed E-state index contributed by atoms with van der Waals surface area (Å²) in [6.45, 7) is 2.14. The van der Waals surface area contributed by atoms with Gasteiger partial charge in [-0.2, -0.15) is 0 Å². The van der Waals surface area contributed by atoms with Gasteiger partial charge in [-0.05, 0) is 42.4 Å². The molecule has 2 N–H and O–H groups in total. The van der Waals surface area contributed by atoms with Gasteiger partial charge in [-0.15, -0.1) is 0 Å². The molecule has 2 rings (SSSR count). The lowest BCUT2D eigenvalue weighted by Gasteiger charge is -2.10. The Balaban J connectivity index is 2.30. The van der Waals surface area contributed by atoms with Crippen LogP contribution in [0.1, 0.15) is 42.5 Å². The molecule has 13 heavy (non-hydrogen) atoms. The molecule has 1 nitrogen and oxygen atoms in total. The number of aryl methyl sites for hydroxylation is 2. The third-order valence-electron chi connectivity index (χ3n) is 2.99. The standard InChI is InChI=1S/C12H17N/c1-2-12(13)11-7-6-9-4-3-5-10(9)8-11/h6-8,12H,2-5,13H2,1H3. The van der Waals surface area contributed by atoms with Gasteiger partial charge in [-0.3, -0.25) is 0 Å². The zero-order chi connectivity index (χ0) is 9.26. The zero-order valence-electron chi connectivity index (χ0n) is 8.22. The van der Waals surface area contributed by atoms with Crippen LogP contribution in [0.3, 0.4) is 0 Å². The van der Waals surface area contributed by atoms with Gasteiger partial charge in [0.2, 0.25) is 0 Å². The van der Waals surface area contributed by atoms with Crippen molar-refractivity contribution in [2.45, 2.75) is 38.6 Å². The van der Waals surface area contributed by atoms with E-state index in [0.717, 1.165) is 6.42 Å². The van der Waals surface area contributed by atoms with Crippen molar-refractivity contribution >= 4 is 0 Å². The second-order valence-electron chi connectivity index (χ2n) is 3.90. The quantitative estimate of drug-likeness (QED) is 0.734. The molecule has 1 atom stereocenters. The van der Waals surface area contributed by atoms with E-state index >= 15 is 0 Å². The first-order valence-electron chi connectivity index (χ1n) is 5.18. The summed E-state index contributed by atoms with van der Waals surface area (Å²) in [5, 5.41) is 0. The average molecular weight is 175 g/mol. The first-order valence-corrected chi connectivity index (χ1v) is 5.18. The monoisotopic (exact) mass is 175 g/mol. The third kappa shape index (κ3) is 1.61. The van der Waals surface area contributed by atoms with E-state index < -0.39 is 0 Å². The van der Waals surface area contributed by atoms with Gasteiger partial charge in [0.25, 0.3) is 0 Å². The maximum absolute atomic E-state index is 5.99. The van der Waals surface area contributed by atoms with Crippen molar-refractivity contribution in [1.82, 2.24) is 0 Å². The molecule has 0 heterocycles. The molecule has 1 aromatic carbocycles. The highest BCUT2D eigenvalue weighted by Crippen LogP contribution is 2.25. The normalized spacial score (nSPS) is 17.1. The highest BCUT2D eigenvalue weighted by molar-refractivity contribution is 5.36. The van der Waals surface area contributed by atoms with E-state index in [4.69, 9.17) is 5.73 Å². The fourth-order valence-corrected chi connectivity index (χ4v) is 2.06. The van der Waals surface area contributed by atoms with Crippen LogP contribution in [0.5, 0.6) is 0 Å². The van der Waals surface area contributed by atoms with E-state index in [2.05, 4.69) is 25.1 Å². The zero-order valence-corrected chi connectivity index (χ0v) is 8.22. The summed E-state index contributed by atoms with van der Waals surface area (Å²) < 4.78 is 0. The SMILES string of the molecule is CCC(N)c1ccc2c(c1)CCC2. The minimum Gasteiger partial charge on any atom is -0.324 e. The Kier molecular flexibility index (Phi) is 2.36. The lowest BCUT2D eigenvalue weighted by atomic mass is 10.0. The fraction of sp³-hybridized carbons (Fsp3) is 0.500. The van der Waals surface area contributed by atoms with Gasteiger partial charge >= 0.3 is 0 Å². The summed E-state index contributed by atoms with van der Waals surface area (Å²) in [6.07, 6.45) is 4.86. The Morgan fingerprint density at radius 3 is 2.85 bits per heavy atom. The van der Waals surface area contributed by atoms with E-state index in [1.807, 2.05) is 0 Å². The van der Waals surface area contributed by atoms with Crippen LogP contribution in [0.25, 0.3) is 0 Å². The molecule has 0 bridgehead atoms. The van der Waals surface area contributed by atoms with E-state index in [0.29, 0.717) is 0 Å². The highest BCUT2D eigenvalue weighted by Gasteiger charge is 2.12. The van der Waals surface area contributed by atoms with Crippen LogP contribution in [0.15, 0.2) is 18.2 Å². The minimum absolute atomic E-state index is 0.228. The first-order chi connectivity index (χ1) is 6.31. The van der Waals surface area contributed by atoms with E-state index in [-0.39, 0.29) is 6.04 Å². The van der Waals surface area contributed by atoms with E-state index in [9.17, 15) is 0 Å². The highest BCUT2D eigenvalue weighted by atomic mass is 14.6. The summed E-state index contributed by atoms with van der Waals surface area (Å²) in [5.41, 5.74) is 10.4. The van der Waals surface area contributed by atoms with Gasteiger partial charge in [0.05, 0.1) is 0 Å². The van der Waals surface area contributed by atoms with Crippen LogP contribution >= 0.6 is 0 Å². The van der Waals surface area contributed by atoms with E-state index in [1.54, 1.807) is 0 Å². The Morgan fingerprint density at radius 2 is 2.08 bits per heavy atom. The summed E-state index contributed by atoms with van der Waals surface area (Å²) in [5.74, 6) is 0. The molecule has 1 heteroatoms. The predicted molar refractivity (Wildman–Crippen MR) is 55.7 cm³/mol. The molecule has 1 aliphatic carbocycles. The van der Waals surface area contributed by atoms with Crippen molar-refractivity contribution < 1.29 is 0 Å². The minimum atomic E-state index is 0.228. The molecular weight excluding hydrogens is 158 g/mol. The predicted octanol–water partition coefficient (Wildman–Crippen LogP) is 2.59. The summed E-state index contributed by atoms with van der Waals surface area (Å²) in [6, 6.07) is 6.98. The Bertz CT molecular complexity index is 304. The fourth-order valence-electron chi connectivity index (χ4n) is 2.06. The smallest absolute Gasteiger partial charge is 0.0292 e. The molecule has 1 unspecified atom stereocenters. The van der Waals surface area contributed by atoms with Crippen molar-refractivity contribution in [2.24, 2.45) is 5.73 Å². The second kappa shape index (κ2) is 3.51. The number of rotatable bonds is 2. The number of hydrogen-bond acceptors (Lipinski definition) is 1. The molecular formula is C12H17N. The molecule has 70 valence electrons. The Labute approximate surface area is 80.0 Å². The van der Waals surface area contributed by atoms with Gasteiger partial charge in [0.15, 0.2) is 0 Å². The molecule has 0 saturated carbocycles. The van der Waals surface area contributed by atoms with Crippen molar-refractivity contribution in [2.75, 3.05) is 0 Å². The Hall–Kier alpha value is -0.820. The number of fused-ring (bicyclic) bond motifs is 1. The van der Waals surface area contributed by atoms with Crippen LogP contribution in [0.4, 0.5) is 0 Å². The largest absolute Gasteiger partial charge is 0.324 e. The van der Waals surface area contributed by atoms with Crippen LogP contribution in [-0.2, 0) is 12.8 Å². The lowest BCUT2D eigenvalue weighted by Crippen LogP contribution is -2.08. The van der Waals surface area contributed by atoms with Crippen LogP contribution in [0.2, 0.25) is 0 Å². The Morgan fingerprint density at radius 1 is 1.31 bits per heavy atom.